The summed E-state index contributed by atoms with van der Waals surface area (Å²) in [4.78, 5) is 11.4. The standard InChI is InChI=1S/C9H15NO2/c11-9-3-1-2-7(9)8-6-12-5-4-10-8/h7-8,10H,1-6H2. The lowest BCUT2D eigenvalue weighted by atomic mass is 9.97. The SMILES string of the molecule is O=C1CCCC1C1COCCN1. The molecule has 12 heavy (non-hydrogen) atoms. The van der Waals surface area contributed by atoms with E-state index in [0.29, 0.717) is 11.8 Å². The summed E-state index contributed by atoms with van der Waals surface area (Å²) in [5.74, 6) is 0.670. The molecule has 1 aliphatic heterocycles. The minimum atomic E-state index is 0.241. The van der Waals surface area contributed by atoms with Gasteiger partial charge in [0.2, 0.25) is 0 Å². The summed E-state index contributed by atoms with van der Waals surface area (Å²) < 4.78 is 5.33. The third-order valence-electron chi connectivity index (χ3n) is 2.79. The number of hydrogen-bond donors (Lipinski definition) is 1. The average molecular weight is 169 g/mol. The van der Waals surface area contributed by atoms with Crippen LogP contribution in [0.3, 0.4) is 0 Å². The maximum Gasteiger partial charge on any atom is 0.137 e. The van der Waals surface area contributed by atoms with Crippen LogP contribution in [0.5, 0.6) is 0 Å². The Hall–Kier alpha value is -0.410. The fourth-order valence-corrected chi connectivity index (χ4v) is 2.11. The predicted molar refractivity (Wildman–Crippen MR) is 45.0 cm³/mol. The van der Waals surface area contributed by atoms with Crippen molar-refractivity contribution in [3.05, 3.63) is 0 Å². The molecule has 2 atom stereocenters. The number of carbonyl (C=O) groups excluding carboxylic acids is 1. The van der Waals surface area contributed by atoms with Gasteiger partial charge in [-0.2, -0.15) is 0 Å². The van der Waals surface area contributed by atoms with Gasteiger partial charge in [0.25, 0.3) is 0 Å². The van der Waals surface area contributed by atoms with Crippen LogP contribution in [0.25, 0.3) is 0 Å². The topological polar surface area (TPSA) is 38.3 Å². The Bertz CT molecular complexity index is 175. The second-order valence-corrected chi connectivity index (χ2v) is 3.60. The molecule has 2 unspecified atom stereocenters. The van der Waals surface area contributed by atoms with Crippen molar-refractivity contribution in [1.82, 2.24) is 5.32 Å². The maximum atomic E-state index is 11.4. The van der Waals surface area contributed by atoms with Crippen LogP contribution in [-0.2, 0) is 9.53 Å². The first-order valence-corrected chi connectivity index (χ1v) is 4.72. The minimum absolute atomic E-state index is 0.241. The van der Waals surface area contributed by atoms with Crippen molar-refractivity contribution in [3.8, 4) is 0 Å². The van der Waals surface area contributed by atoms with E-state index in [0.717, 1.165) is 39.0 Å². The zero-order chi connectivity index (χ0) is 8.39. The molecule has 0 aromatic carbocycles. The van der Waals surface area contributed by atoms with Gasteiger partial charge in [-0.25, -0.2) is 0 Å². The zero-order valence-electron chi connectivity index (χ0n) is 7.21. The molecule has 0 radical (unpaired) electrons. The van der Waals surface area contributed by atoms with E-state index in [1.807, 2.05) is 0 Å². The fourth-order valence-electron chi connectivity index (χ4n) is 2.11. The quantitative estimate of drug-likeness (QED) is 0.615. The monoisotopic (exact) mass is 169 g/mol. The first kappa shape index (κ1) is 8.20. The van der Waals surface area contributed by atoms with E-state index in [2.05, 4.69) is 5.32 Å². The summed E-state index contributed by atoms with van der Waals surface area (Å²) in [7, 11) is 0. The summed E-state index contributed by atoms with van der Waals surface area (Å²) in [6.07, 6.45) is 2.91. The second-order valence-electron chi connectivity index (χ2n) is 3.60. The zero-order valence-corrected chi connectivity index (χ0v) is 7.21. The van der Waals surface area contributed by atoms with E-state index in [4.69, 9.17) is 4.74 Å². The van der Waals surface area contributed by atoms with Crippen LogP contribution in [-0.4, -0.2) is 31.6 Å². The number of nitrogens with one attached hydrogen (secondary N) is 1. The average Bonchev–Trinajstić information content (AvgIpc) is 2.53. The molecule has 2 rings (SSSR count). The number of ether oxygens (including phenoxy) is 1. The van der Waals surface area contributed by atoms with Gasteiger partial charge in [0.1, 0.15) is 5.78 Å². The van der Waals surface area contributed by atoms with Crippen LogP contribution in [0.1, 0.15) is 19.3 Å². The van der Waals surface area contributed by atoms with E-state index >= 15 is 0 Å². The van der Waals surface area contributed by atoms with E-state index in [-0.39, 0.29) is 5.92 Å². The number of carbonyl (C=O) groups is 1. The maximum absolute atomic E-state index is 11.4. The molecule has 1 N–H and O–H groups in total. The first-order valence-electron chi connectivity index (χ1n) is 4.72. The van der Waals surface area contributed by atoms with Crippen LogP contribution < -0.4 is 5.32 Å². The van der Waals surface area contributed by atoms with Gasteiger partial charge in [-0.05, 0) is 12.8 Å². The summed E-state index contributed by atoms with van der Waals surface area (Å²) in [5, 5.41) is 3.35. The second kappa shape index (κ2) is 3.54. The van der Waals surface area contributed by atoms with Gasteiger partial charge in [-0.15, -0.1) is 0 Å². The van der Waals surface area contributed by atoms with Crippen molar-refractivity contribution >= 4 is 5.78 Å². The lowest BCUT2D eigenvalue weighted by molar-refractivity contribution is -0.122. The van der Waals surface area contributed by atoms with Gasteiger partial charge in [-0.1, -0.05) is 0 Å². The fraction of sp³-hybridized carbons (Fsp3) is 0.889. The number of morpholine rings is 1. The Balaban J connectivity index is 1.93. The Labute approximate surface area is 72.5 Å². The molecule has 0 aromatic heterocycles. The van der Waals surface area contributed by atoms with Crippen molar-refractivity contribution in [3.63, 3.8) is 0 Å². The lowest BCUT2D eigenvalue weighted by Gasteiger charge is -2.27. The van der Waals surface area contributed by atoms with E-state index in [9.17, 15) is 4.79 Å². The van der Waals surface area contributed by atoms with Crippen LogP contribution in [0.15, 0.2) is 0 Å². The van der Waals surface area contributed by atoms with Crippen LogP contribution >= 0.6 is 0 Å². The number of rotatable bonds is 1. The van der Waals surface area contributed by atoms with Crippen LogP contribution in [0.2, 0.25) is 0 Å². The summed E-state index contributed by atoms with van der Waals surface area (Å²) in [6.45, 7) is 2.41. The van der Waals surface area contributed by atoms with Crippen molar-refractivity contribution in [2.75, 3.05) is 19.8 Å². The molecule has 0 spiro atoms. The van der Waals surface area contributed by atoms with Crippen LogP contribution in [0, 0.1) is 5.92 Å². The van der Waals surface area contributed by atoms with Gasteiger partial charge < -0.3 is 10.1 Å². The van der Waals surface area contributed by atoms with Crippen LogP contribution in [0.4, 0.5) is 0 Å². The molecule has 3 heteroatoms. The minimum Gasteiger partial charge on any atom is -0.378 e. The van der Waals surface area contributed by atoms with Crippen molar-refractivity contribution in [1.29, 1.82) is 0 Å². The Morgan fingerprint density at radius 1 is 1.50 bits per heavy atom. The molecule has 3 nitrogen and oxygen atoms in total. The third-order valence-corrected chi connectivity index (χ3v) is 2.79. The number of ketones is 1. The molecule has 1 heterocycles. The highest BCUT2D eigenvalue weighted by Crippen LogP contribution is 2.25. The summed E-state index contributed by atoms with van der Waals surface area (Å²) in [5.41, 5.74) is 0. The normalized spacial score (nSPS) is 37.2. The first-order chi connectivity index (χ1) is 5.88. The lowest BCUT2D eigenvalue weighted by Crippen LogP contribution is -2.47. The van der Waals surface area contributed by atoms with E-state index < -0.39 is 0 Å². The molecule has 1 saturated heterocycles. The van der Waals surface area contributed by atoms with Gasteiger partial charge >= 0.3 is 0 Å². The molecule has 0 amide bonds. The Kier molecular flexibility index (Phi) is 2.42. The Morgan fingerprint density at radius 3 is 3.00 bits per heavy atom. The molecule has 2 aliphatic rings. The molecule has 0 bridgehead atoms. The molecular formula is C9H15NO2. The smallest absolute Gasteiger partial charge is 0.137 e. The highest BCUT2D eigenvalue weighted by atomic mass is 16.5. The largest absolute Gasteiger partial charge is 0.378 e. The molecule has 0 aromatic rings. The van der Waals surface area contributed by atoms with Gasteiger partial charge in [0.05, 0.1) is 13.2 Å². The summed E-state index contributed by atoms with van der Waals surface area (Å²) >= 11 is 0. The molecule has 68 valence electrons. The molecule has 1 aliphatic carbocycles. The van der Waals surface area contributed by atoms with Crippen molar-refractivity contribution in [2.45, 2.75) is 25.3 Å². The highest BCUT2D eigenvalue weighted by molar-refractivity contribution is 5.83. The third kappa shape index (κ3) is 1.52. The molecular weight excluding hydrogens is 154 g/mol. The van der Waals surface area contributed by atoms with Crippen molar-refractivity contribution in [2.24, 2.45) is 5.92 Å². The van der Waals surface area contributed by atoms with Gasteiger partial charge in [0.15, 0.2) is 0 Å². The van der Waals surface area contributed by atoms with Crippen molar-refractivity contribution < 1.29 is 9.53 Å². The van der Waals surface area contributed by atoms with E-state index in [1.54, 1.807) is 0 Å². The predicted octanol–water partition coefficient (Wildman–Crippen LogP) is 0.344. The number of hydrogen-bond acceptors (Lipinski definition) is 3. The summed E-state index contributed by atoms with van der Waals surface area (Å²) in [6, 6.07) is 0.300. The molecule has 2 fully saturated rings. The van der Waals surface area contributed by atoms with E-state index in [1.165, 1.54) is 0 Å². The molecule has 1 saturated carbocycles. The highest BCUT2D eigenvalue weighted by Gasteiger charge is 2.32. The van der Waals surface area contributed by atoms with Gasteiger partial charge in [0, 0.05) is 24.9 Å². The Morgan fingerprint density at radius 2 is 2.42 bits per heavy atom. The van der Waals surface area contributed by atoms with Gasteiger partial charge in [-0.3, -0.25) is 4.79 Å². The number of Topliss-reactive ketones (excluding diaryl/α,β-unsaturated/α-hetero) is 1.